The van der Waals surface area contributed by atoms with Crippen LogP contribution in [0.2, 0.25) is 0 Å². The lowest BCUT2D eigenvalue weighted by Crippen LogP contribution is -2.00. The minimum atomic E-state index is -1.03. The first-order valence-corrected chi connectivity index (χ1v) is 13.7. The highest BCUT2D eigenvalue weighted by Crippen LogP contribution is 2.15. The van der Waals surface area contributed by atoms with Crippen molar-refractivity contribution < 1.29 is 29.7 Å². The van der Waals surface area contributed by atoms with Crippen LogP contribution >= 0.6 is 0 Å². The molecule has 0 amide bonds. The molecule has 0 saturated heterocycles. The van der Waals surface area contributed by atoms with E-state index in [-0.39, 0.29) is 16.7 Å². The van der Waals surface area contributed by atoms with Crippen molar-refractivity contribution in [2.24, 2.45) is 0 Å². The maximum atomic E-state index is 11.5. The summed E-state index contributed by atoms with van der Waals surface area (Å²) in [7, 11) is 0. The molecule has 0 heterocycles. The second-order valence-corrected chi connectivity index (χ2v) is 9.55. The van der Waals surface area contributed by atoms with Crippen molar-refractivity contribution >= 4 is 17.9 Å². The first kappa shape index (κ1) is 32.5. The number of carboxylic acids is 3. The molecule has 6 heteroatoms. The molecule has 0 radical (unpaired) electrons. The summed E-state index contributed by atoms with van der Waals surface area (Å²) in [6.07, 6.45) is 0. The molecule has 0 aromatic heterocycles. The zero-order chi connectivity index (χ0) is 32.4. The topological polar surface area (TPSA) is 112 Å². The van der Waals surface area contributed by atoms with Gasteiger partial charge >= 0.3 is 17.9 Å². The molecule has 0 atom stereocenters. The molecule has 44 heavy (non-hydrogen) atoms. The Morgan fingerprint density at radius 2 is 0.636 bits per heavy atom. The van der Waals surface area contributed by atoms with Crippen molar-refractivity contribution in [3.63, 3.8) is 0 Å². The Balaban J connectivity index is 0.00000259. The number of aromatic carboxylic acids is 3. The van der Waals surface area contributed by atoms with E-state index in [0.29, 0.717) is 50.1 Å². The largest absolute Gasteiger partial charge is 0.478 e. The Labute approximate surface area is 257 Å². The third-order valence-corrected chi connectivity index (χ3v) is 6.39. The number of hydrogen-bond donors (Lipinski definition) is 3. The van der Waals surface area contributed by atoms with Crippen molar-refractivity contribution in [2.45, 2.75) is 34.6 Å². The van der Waals surface area contributed by atoms with Gasteiger partial charge in [0.15, 0.2) is 0 Å². The maximum Gasteiger partial charge on any atom is 0.335 e. The smallest absolute Gasteiger partial charge is 0.335 e. The Hall–Kier alpha value is -6.03. The van der Waals surface area contributed by atoms with E-state index >= 15 is 0 Å². The van der Waals surface area contributed by atoms with Crippen molar-refractivity contribution in [3.05, 3.63) is 140 Å². The summed E-state index contributed by atoms with van der Waals surface area (Å²) in [6, 6.07) is 20.2. The average molecular weight is 583 g/mol. The normalized spacial score (nSPS) is 9.48. The molecule has 0 bridgehead atoms. The van der Waals surface area contributed by atoms with E-state index in [2.05, 4.69) is 35.5 Å². The molecule has 0 aliphatic heterocycles. The van der Waals surface area contributed by atoms with Gasteiger partial charge in [0.1, 0.15) is 0 Å². The monoisotopic (exact) mass is 582 g/mol. The molecule has 218 valence electrons. The molecule has 0 aliphatic rings. The Morgan fingerprint density at radius 3 is 0.864 bits per heavy atom. The van der Waals surface area contributed by atoms with E-state index in [1.807, 2.05) is 13.8 Å². The summed E-state index contributed by atoms with van der Waals surface area (Å²) in [5.41, 5.74) is 5.74. The van der Waals surface area contributed by atoms with Crippen LogP contribution in [0.5, 0.6) is 0 Å². The fraction of sp³-hybridized carbons (Fsp3) is 0.132. The predicted octanol–water partition coefficient (Wildman–Crippen LogP) is 6.93. The van der Waals surface area contributed by atoms with E-state index in [0.717, 1.165) is 0 Å². The van der Waals surface area contributed by atoms with Crippen molar-refractivity contribution in [1.82, 2.24) is 0 Å². The van der Waals surface area contributed by atoms with Gasteiger partial charge in [-0.15, -0.1) is 0 Å². The molecule has 4 aromatic rings. The van der Waals surface area contributed by atoms with E-state index < -0.39 is 17.9 Å². The highest BCUT2D eigenvalue weighted by Gasteiger charge is 2.09. The molecule has 0 fully saturated rings. The SMILES string of the molecule is CC.Cc1ccc(C#Cc2cc(C#Cc3ccc(C)c(C(=O)O)c3)cc(C#Cc3ccc(C)c(C(=O)O)c3)c2)cc1C(=O)O. The highest BCUT2D eigenvalue weighted by molar-refractivity contribution is 5.91. The molecule has 6 nitrogen and oxygen atoms in total. The molecule has 0 aliphatic carbocycles. The van der Waals surface area contributed by atoms with Gasteiger partial charge in [-0.25, -0.2) is 14.4 Å². The Kier molecular flexibility index (Phi) is 10.9. The van der Waals surface area contributed by atoms with Crippen LogP contribution in [0.15, 0.2) is 72.8 Å². The first-order valence-electron chi connectivity index (χ1n) is 13.7. The van der Waals surface area contributed by atoms with Gasteiger partial charge in [-0.2, -0.15) is 0 Å². The number of carbonyl (C=O) groups is 3. The summed E-state index contributed by atoms with van der Waals surface area (Å²) in [5.74, 6) is 15.1. The number of aryl methyl sites for hydroxylation is 3. The van der Waals surface area contributed by atoms with Crippen LogP contribution < -0.4 is 0 Å². The number of benzene rings is 4. The standard InChI is InChI=1S/C36H24O6.C2H6/c1-22-4-7-25(19-31(22)34(37)38)10-13-28-16-29(14-11-26-8-5-23(2)32(20-26)35(39)40)18-30(17-28)15-12-27-9-6-24(3)33(21-27)36(41)42;1-2/h4-9,16-21H,1-3H3,(H,37,38)(H,39,40)(H,41,42);1-2H3. The number of hydrogen-bond acceptors (Lipinski definition) is 3. The third kappa shape index (κ3) is 8.49. The van der Waals surface area contributed by atoms with Crippen LogP contribution in [0.1, 0.15) is 95.0 Å². The van der Waals surface area contributed by atoms with Gasteiger partial charge in [-0.05, 0) is 92.1 Å². The number of carboxylic acid groups (broad SMARTS) is 3. The minimum absolute atomic E-state index is 0.172. The van der Waals surface area contributed by atoms with Crippen molar-refractivity contribution in [2.75, 3.05) is 0 Å². The third-order valence-electron chi connectivity index (χ3n) is 6.39. The highest BCUT2D eigenvalue weighted by atomic mass is 16.4. The van der Waals surface area contributed by atoms with Gasteiger partial charge < -0.3 is 15.3 Å². The maximum absolute atomic E-state index is 11.5. The van der Waals surface area contributed by atoms with Crippen LogP contribution in [0, 0.1) is 56.3 Å². The Morgan fingerprint density at radius 1 is 0.409 bits per heavy atom. The van der Waals surface area contributed by atoms with E-state index in [1.165, 1.54) is 18.2 Å². The van der Waals surface area contributed by atoms with E-state index in [4.69, 9.17) is 0 Å². The predicted molar refractivity (Wildman–Crippen MR) is 170 cm³/mol. The summed E-state index contributed by atoms with van der Waals surface area (Å²) in [5, 5.41) is 28.3. The van der Waals surface area contributed by atoms with Crippen molar-refractivity contribution in [1.29, 1.82) is 0 Å². The second kappa shape index (κ2) is 14.7. The lowest BCUT2D eigenvalue weighted by molar-refractivity contribution is 0.0685. The molecule has 4 rings (SSSR count). The van der Waals surface area contributed by atoms with Gasteiger partial charge in [0.25, 0.3) is 0 Å². The zero-order valence-electron chi connectivity index (χ0n) is 25.0. The lowest BCUT2D eigenvalue weighted by atomic mass is 10.0. The summed E-state index contributed by atoms with van der Waals surface area (Å²) in [6.45, 7) is 9.15. The molecule has 3 N–H and O–H groups in total. The molecular formula is C38H30O6. The van der Waals surface area contributed by atoms with Crippen LogP contribution in [0.4, 0.5) is 0 Å². The van der Waals surface area contributed by atoms with Crippen molar-refractivity contribution in [3.8, 4) is 35.5 Å². The summed E-state index contributed by atoms with van der Waals surface area (Å²) >= 11 is 0. The summed E-state index contributed by atoms with van der Waals surface area (Å²) in [4.78, 5) is 34.6. The minimum Gasteiger partial charge on any atom is -0.478 e. The average Bonchev–Trinajstić information content (AvgIpc) is 3.00. The number of rotatable bonds is 3. The van der Waals surface area contributed by atoms with E-state index in [9.17, 15) is 29.7 Å². The quantitative estimate of drug-likeness (QED) is 0.226. The van der Waals surface area contributed by atoms with Gasteiger partial charge in [0.2, 0.25) is 0 Å². The van der Waals surface area contributed by atoms with Crippen LogP contribution in [-0.2, 0) is 0 Å². The Bertz CT molecular complexity index is 1720. The lowest BCUT2D eigenvalue weighted by Gasteiger charge is -2.02. The summed E-state index contributed by atoms with van der Waals surface area (Å²) < 4.78 is 0. The van der Waals surface area contributed by atoms with Gasteiger partial charge in [0.05, 0.1) is 16.7 Å². The second-order valence-electron chi connectivity index (χ2n) is 9.55. The van der Waals surface area contributed by atoms with Gasteiger partial charge in [-0.3, -0.25) is 0 Å². The van der Waals surface area contributed by atoms with Gasteiger partial charge in [-0.1, -0.05) is 67.6 Å². The fourth-order valence-corrected chi connectivity index (χ4v) is 4.07. The van der Waals surface area contributed by atoms with Gasteiger partial charge in [0, 0.05) is 33.4 Å². The fourth-order valence-electron chi connectivity index (χ4n) is 4.07. The molecule has 0 spiro atoms. The molecule has 0 saturated carbocycles. The van der Waals surface area contributed by atoms with Crippen LogP contribution in [0.3, 0.4) is 0 Å². The van der Waals surface area contributed by atoms with Crippen LogP contribution in [0.25, 0.3) is 0 Å². The zero-order valence-corrected chi connectivity index (χ0v) is 25.0. The van der Waals surface area contributed by atoms with Crippen LogP contribution in [-0.4, -0.2) is 33.2 Å². The molecule has 4 aromatic carbocycles. The molecular weight excluding hydrogens is 552 g/mol. The van der Waals surface area contributed by atoms with E-state index in [1.54, 1.807) is 75.4 Å². The molecule has 0 unspecified atom stereocenters. The first-order chi connectivity index (χ1) is 21.0.